The molecule has 4 nitrogen and oxygen atoms in total. The summed E-state index contributed by atoms with van der Waals surface area (Å²) in [5, 5.41) is 0. The molecule has 4 heteroatoms. The first-order chi connectivity index (χ1) is 14.0. The molecule has 3 aromatic rings. The van der Waals surface area contributed by atoms with E-state index in [1.165, 1.54) is 0 Å². The van der Waals surface area contributed by atoms with E-state index in [2.05, 4.69) is 58.4 Å². The third-order valence-electron chi connectivity index (χ3n) is 5.96. The molecule has 0 amide bonds. The topological polar surface area (TPSA) is 51.6 Å². The molecule has 0 radical (unpaired) electrons. The number of aromatic nitrogens is 4. The minimum Gasteiger partial charge on any atom is -0.240 e. The lowest BCUT2D eigenvalue weighted by Crippen LogP contribution is -2.27. The molecule has 0 unspecified atom stereocenters. The highest BCUT2D eigenvalue weighted by Crippen LogP contribution is 2.35. The van der Waals surface area contributed by atoms with Gasteiger partial charge in [-0.25, -0.2) is 19.9 Å². The molecule has 0 saturated carbocycles. The van der Waals surface area contributed by atoms with Gasteiger partial charge in [0.15, 0.2) is 5.82 Å². The minimum absolute atomic E-state index is 0.0299. The van der Waals surface area contributed by atoms with Crippen LogP contribution in [0, 0.1) is 0 Å². The maximum Gasteiger partial charge on any atom is 0.159 e. The maximum absolute atomic E-state index is 4.70. The van der Waals surface area contributed by atoms with Gasteiger partial charge < -0.3 is 0 Å². The lowest BCUT2D eigenvalue weighted by molar-refractivity contribution is 0.360. The van der Waals surface area contributed by atoms with E-state index in [1.807, 2.05) is 55.1 Å². The largest absolute Gasteiger partial charge is 0.240 e. The third kappa shape index (κ3) is 5.10. The molecule has 0 atom stereocenters. The van der Waals surface area contributed by atoms with E-state index in [9.17, 15) is 0 Å². The summed E-state index contributed by atoms with van der Waals surface area (Å²) in [7, 11) is 0. The Morgan fingerprint density at radius 3 is 1.63 bits per heavy atom. The van der Waals surface area contributed by atoms with Crippen molar-refractivity contribution in [3.05, 3.63) is 72.1 Å². The monoisotopic (exact) mass is 402 g/mol. The molecule has 0 fully saturated rings. The van der Waals surface area contributed by atoms with Gasteiger partial charge in [0, 0.05) is 35.8 Å². The Balaban J connectivity index is 1.70. The first-order valence-corrected chi connectivity index (χ1v) is 10.7. The van der Waals surface area contributed by atoms with Crippen LogP contribution in [0.5, 0.6) is 0 Å². The van der Waals surface area contributed by atoms with Crippen molar-refractivity contribution in [3.8, 4) is 11.4 Å². The normalized spacial score (nSPS) is 12.8. The van der Waals surface area contributed by atoms with Gasteiger partial charge in [-0.3, -0.25) is 0 Å². The Hall–Kier alpha value is -2.62. The Bertz CT molecular complexity index is 951. The zero-order valence-corrected chi connectivity index (χ0v) is 19.4. The molecular formula is C26H34N4. The summed E-state index contributed by atoms with van der Waals surface area (Å²) in [4.78, 5) is 18.6. The highest BCUT2D eigenvalue weighted by atomic mass is 14.9. The second-order valence-corrected chi connectivity index (χ2v) is 10.5. The smallest absolute Gasteiger partial charge is 0.159 e. The van der Waals surface area contributed by atoms with E-state index in [-0.39, 0.29) is 16.2 Å². The average Bonchev–Trinajstić information content (AvgIpc) is 2.73. The fourth-order valence-corrected chi connectivity index (χ4v) is 3.36. The van der Waals surface area contributed by atoms with E-state index in [1.54, 1.807) is 0 Å². The number of nitrogens with zero attached hydrogens (tertiary/aromatic N) is 4. The highest BCUT2D eigenvalue weighted by Gasteiger charge is 2.30. The molecule has 1 aromatic carbocycles. The summed E-state index contributed by atoms with van der Waals surface area (Å²) in [6, 6.07) is 10.1. The van der Waals surface area contributed by atoms with Crippen molar-refractivity contribution in [2.24, 2.45) is 0 Å². The van der Waals surface area contributed by atoms with E-state index < -0.39 is 0 Å². The Labute approximate surface area is 181 Å². The van der Waals surface area contributed by atoms with Crippen LogP contribution in [0.3, 0.4) is 0 Å². The molecule has 3 rings (SSSR count). The van der Waals surface area contributed by atoms with Crippen LogP contribution in [-0.2, 0) is 16.2 Å². The molecule has 2 aromatic heterocycles. The summed E-state index contributed by atoms with van der Waals surface area (Å²) in [5.74, 6) is 1.67. The van der Waals surface area contributed by atoms with Crippen LogP contribution in [0.1, 0.15) is 78.3 Å². The standard InChI is InChI=1S/C26H34N4/c1-24(2,3)20-15-29-23(30-16-20)26(6,7)14-13-25(4,5)21-17-27-22(28-18-21)19-11-9-8-10-12-19/h8-12,15-18H,13-14H2,1-7H3. The average molecular weight is 403 g/mol. The number of hydrogen-bond donors (Lipinski definition) is 0. The summed E-state index contributed by atoms with van der Waals surface area (Å²) in [6.45, 7) is 15.5. The molecule has 158 valence electrons. The second-order valence-electron chi connectivity index (χ2n) is 10.5. The zero-order chi connectivity index (χ0) is 22.0. The SMILES string of the molecule is CC(C)(C)c1cnc(C(C)(C)CCC(C)(C)c2cnc(-c3ccccc3)nc2)nc1. The molecular weight excluding hydrogens is 368 g/mol. The lowest BCUT2D eigenvalue weighted by Gasteiger charge is -2.30. The first-order valence-electron chi connectivity index (χ1n) is 10.7. The maximum atomic E-state index is 4.70. The van der Waals surface area contributed by atoms with Crippen molar-refractivity contribution in [3.63, 3.8) is 0 Å². The molecule has 0 spiro atoms. The highest BCUT2D eigenvalue weighted by molar-refractivity contribution is 5.54. The number of benzene rings is 1. The summed E-state index contributed by atoms with van der Waals surface area (Å²) < 4.78 is 0. The van der Waals surface area contributed by atoms with Crippen molar-refractivity contribution in [2.45, 2.75) is 77.6 Å². The summed E-state index contributed by atoms with van der Waals surface area (Å²) in [6.07, 6.45) is 9.87. The van der Waals surface area contributed by atoms with E-state index >= 15 is 0 Å². The second kappa shape index (κ2) is 8.25. The van der Waals surface area contributed by atoms with E-state index in [0.717, 1.165) is 41.2 Å². The number of rotatable bonds is 6. The van der Waals surface area contributed by atoms with Gasteiger partial charge in [-0.2, -0.15) is 0 Å². The van der Waals surface area contributed by atoms with Crippen molar-refractivity contribution >= 4 is 0 Å². The predicted octanol–water partition coefficient (Wildman–Crippen LogP) is 6.27. The molecule has 30 heavy (non-hydrogen) atoms. The fraction of sp³-hybridized carbons (Fsp3) is 0.462. The molecule has 0 aliphatic heterocycles. The molecule has 0 saturated heterocycles. The van der Waals surface area contributed by atoms with Gasteiger partial charge in [-0.05, 0) is 34.8 Å². The zero-order valence-electron chi connectivity index (χ0n) is 19.4. The van der Waals surface area contributed by atoms with Gasteiger partial charge in [0.1, 0.15) is 5.82 Å². The first kappa shape index (κ1) is 22.1. The Morgan fingerprint density at radius 1 is 0.600 bits per heavy atom. The molecule has 0 bridgehead atoms. The van der Waals surface area contributed by atoms with E-state index in [4.69, 9.17) is 9.97 Å². The van der Waals surface area contributed by atoms with Gasteiger partial charge in [0.25, 0.3) is 0 Å². The van der Waals surface area contributed by atoms with Crippen molar-refractivity contribution < 1.29 is 0 Å². The van der Waals surface area contributed by atoms with Gasteiger partial charge in [0.2, 0.25) is 0 Å². The van der Waals surface area contributed by atoms with Crippen LogP contribution in [0.4, 0.5) is 0 Å². The van der Waals surface area contributed by atoms with Gasteiger partial charge >= 0.3 is 0 Å². The molecule has 0 N–H and O–H groups in total. The fourth-order valence-electron chi connectivity index (χ4n) is 3.36. The van der Waals surface area contributed by atoms with Crippen molar-refractivity contribution in [1.29, 1.82) is 0 Å². The van der Waals surface area contributed by atoms with Crippen LogP contribution in [-0.4, -0.2) is 19.9 Å². The van der Waals surface area contributed by atoms with Crippen molar-refractivity contribution in [1.82, 2.24) is 19.9 Å². The van der Waals surface area contributed by atoms with Crippen LogP contribution in [0.15, 0.2) is 55.1 Å². The summed E-state index contributed by atoms with van der Waals surface area (Å²) >= 11 is 0. The third-order valence-corrected chi connectivity index (χ3v) is 5.96. The number of hydrogen-bond acceptors (Lipinski definition) is 4. The molecule has 0 aliphatic carbocycles. The van der Waals surface area contributed by atoms with Gasteiger partial charge in [-0.1, -0.05) is 78.8 Å². The molecule has 2 heterocycles. The lowest BCUT2D eigenvalue weighted by atomic mass is 9.75. The van der Waals surface area contributed by atoms with E-state index in [0.29, 0.717) is 0 Å². The summed E-state index contributed by atoms with van der Waals surface area (Å²) in [5.41, 5.74) is 3.30. The quantitative estimate of drug-likeness (QED) is 0.488. The van der Waals surface area contributed by atoms with Gasteiger partial charge in [0.05, 0.1) is 0 Å². The van der Waals surface area contributed by atoms with Crippen molar-refractivity contribution in [2.75, 3.05) is 0 Å². The Kier molecular flexibility index (Phi) is 6.07. The minimum atomic E-state index is -0.0987. The Morgan fingerprint density at radius 2 is 1.10 bits per heavy atom. The van der Waals surface area contributed by atoms with Crippen LogP contribution >= 0.6 is 0 Å². The van der Waals surface area contributed by atoms with Crippen LogP contribution in [0.25, 0.3) is 11.4 Å². The molecule has 0 aliphatic rings. The predicted molar refractivity (Wildman–Crippen MR) is 123 cm³/mol. The van der Waals surface area contributed by atoms with Crippen LogP contribution < -0.4 is 0 Å². The van der Waals surface area contributed by atoms with Gasteiger partial charge in [-0.15, -0.1) is 0 Å². The van der Waals surface area contributed by atoms with Crippen LogP contribution in [0.2, 0.25) is 0 Å².